The molecule has 0 aliphatic rings. The van der Waals surface area contributed by atoms with Crippen molar-refractivity contribution in [3.05, 3.63) is 66.1 Å². The molecule has 0 unspecified atom stereocenters. The Hall–Kier alpha value is -3.61. The molecule has 0 saturated heterocycles. The highest BCUT2D eigenvalue weighted by atomic mass is 32.2. The summed E-state index contributed by atoms with van der Waals surface area (Å²) in [5.74, 6) is 0.582. The first-order valence-electron chi connectivity index (χ1n) is 9.94. The van der Waals surface area contributed by atoms with Crippen molar-refractivity contribution in [1.29, 1.82) is 5.26 Å². The number of sulfonamides is 1. The molecular formula is C23H22N6O2S. The van der Waals surface area contributed by atoms with Crippen LogP contribution in [0.15, 0.2) is 59.9 Å². The summed E-state index contributed by atoms with van der Waals surface area (Å²) in [4.78, 5) is 13.4. The van der Waals surface area contributed by atoms with E-state index in [1.165, 1.54) is 12.3 Å². The summed E-state index contributed by atoms with van der Waals surface area (Å²) in [5.41, 5.74) is 2.22. The predicted molar refractivity (Wildman–Crippen MR) is 122 cm³/mol. The van der Waals surface area contributed by atoms with Gasteiger partial charge in [0.15, 0.2) is 0 Å². The molecule has 0 spiro atoms. The minimum absolute atomic E-state index is 0.0455. The normalized spacial score (nSPS) is 12.1. The molecule has 0 fully saturated rings. The number of aryl methyl sites for hydroxylation is 1. The average molecular weight is 447 g/mol. The lowest BCUT2D eigenvalue weighted by atomic mass is 10.1. The van der Waals surface area contributed by atoms with Crippen molar-refractivity contribution in [2.75, 3.05) is 0 Å². The highest BCUT2D eigenvalue weighted by Crippen LogP contribution is 2.34. The van der Waals surface area contributed by atoms with Crippen molar-refractivity contribution >= 4 is 21.1 Å². The lowest BCUT2D eigenvalue weighted by molar-refractivity contribution is 0.491. The van der Waals surface area contributed by atoms with Crippen LogP contribution in [0, 0.1) is 18.3 Å². The van der Waals surface area contributed by atoms with Gasteiger partial charge in [-0.15, -0.1) is 0 Å². The molecule has 8 nitrogen and oxygen atoms in total. The molecular weight excluding hydrogens is 424 g/mol. The molecule has 0 aliphatic carbocycles. The molecule has 0 atom stereocenters. The summed E-state index contributed by atoms with van der Waals surface area (Å²) in [6.07, 6.45) is 4.68. The van der Waals surface area contributed by atoms with Gasteiger partial charge in [-0.2, -0.15) is 5.26 Å². The summed E-state index contributed by atoms with van der Waals surface area (Å²) in [6, 6.07) is 12.7. The van der Waals surface area contributed by atoms with E-state index >= 15 is 0 Å². The van der Waals surface area contributed by atoms with Gasteiger partial charge in [-0.25, -0.2) is 23.1 Å². The Morgan fingerprint density at radius 1 is 1.06 bits per heavy atom. The Labute approximate surface area is 186 Å². The van der Waals surface area contributed by atoms with Crippen LogP contribution in [-0.2, 0) is 10.0 Å². The van der Waals surface area contributed by atoms with Crippen LogP contribution in [0.4, 0.5) is 0 Å². The largest absolute Gasteiger partial charge is 0.275 e. The molecule has 4 aromatic rings. The maximum atomic E-state index is 12.7. The minimum Gasteiger partial charge on any atom is -0.275 e. The SMILES string of the molecule is Cc1cnc2c(c1)c(C#N)c(-c1ccc(S(=O)(=O)NC(C)(C)C)cn1)n2-c1ccccn1. The molecule has 32 heavy (non-hydrogen) atoms. The smallest absolute Gasteiger partial charge is 0.242 e. The molecule has 9 heteroatoms. The van der Waals surface area contributed by atoms with Crippen LogP contribution in [0.2, 0.25) is 0 Å². The van der Waals surface area contributed by atoms with E-state index in [4.69, 9.17) is 0 Å². The van der Waals surface area contributed by atoms with Crippen molar-refractivity contribution in [3.8, 4) is 23.3 Å². The fraction of sp³-hybridized carbons (Fsp3) is 0.217. The maximum Gasteiger partial charge on any atom is 0.242 e. The Kier molecular flexibility index (Phi) is 5.28. The quantitative estimate of drug-likeness (QED) is 0.511. The van der Waals surface area contributed by atoms with Crippen molar-refractivity contribution in [2.45, 2.75) is 38.1 Å². The van der Waals surface area contributed by atoms with E-state index in [2.05, 4.69) is 25.7 Å². The van der Waals surface area contributed by atoms with Crippen LogP contribution in [0.1, 0.15) is 31.9 Å². The van der Waals surface area contributed by atoms with E-state index in [9.17, 15) is 13.7 Å². The van der Waals surface area contributed by atoms with Gasteiger partial charge >= 0.3 is 0 Å². The first-order valence-corrected chi connectivity index (χ1v) is 11.4. The Morgan fingerprint density at radius 2 is 1.84 bits per heavy atom. The zero-order chi connectivity index (χ0) is 23.1. The van der Waals surface area contributed by atoms with E-state index < -0.39 is 15.6 Å². The molecule has 4 heterocycles. The number of hydrogen-bond acceptors (Lipinski definition) is 6. The van der Waals surface area contributed by atoms with E-state index in [-0.39, 0.29) is 4.90 Å². The molecule has 162 valence electrons. The van der Waals surface area contributed by atoms with E-state index in [0.717, 1.165) is 5.56 Å². The second kappa shape index (κ2) is 7.82. The van der Waals surface area contributed by atoms with Gasteiger partial charge in [-0.05, 0) is 63.6 Å². The zero-order valence-electron chi connectivity index (χ0n) is 18.2. The third kappa shape index (κ3) is 3.98. The fourth-order valence-corrected chi connectivity index (χ4v) is 4.84. The van der Waals surface area contributed by atoms with Crippen molar-refractivity contribution in [2.24, 2.45) is 0 Å². The van der Waals surface area contributed by atoms with Crippen molar-refractivity contribution in [1.82, 2.24) is 24.2 Å². The van der Waals surface area contributed by atoms with Crippen molar-refractivity contribution in [3.63, 3.8) is 0 Å². The third-order valence-electron chi connectivity index (χ3n) is 4.66. The molecule has 0 aromatic carbocycles. The predicted octanol–water partition coefficient (Wildman–Crippen LogP) is 3.74. The fourth-order valence-electron chi connectivity index (χ4n) is 3.48. The molecule has 1 N–H and O–H groups in total. The number of nitriles is 1. The van der Waals surface area contributed by atoms with Crippen LogP contribution in [0.3, 0.4) is 0 Å². The number of rotatable bonds is 4. The van der Waals surface area contributed by atoms with Crippen LogP contribution in [-0.4, -0.2) is 33.5 Å². The molecule has 0 aliphatic heterocycles. The molecule has 0 saturated carbocycles. The second-order valence-corrected chi connectivity index (χ2v) is 10.2. The average Bonchev–Trinajstić information content (AvgIpc) is 3.06. The molecule has 0 amide bonds. The maximum absolute atomic E-state index is 12.7. The van der Waals surface area contributed by atoms with Gasteiger partial charge in [0.05, 0.1) is 17.0 Å². The van der Waals surface area contributed by atoms with Crippen LogP contribution < -0.4 is 4.72 Å². The Morgan fingerprint density at radius 3 is 2.44 bits per heavy atom. The topological polar surface area (TPSA) is 114 Å². The molecule has 0 bridgehead atoms. The van der Waals surface area contributed by atoms with E-state index in [1.807, 2.05) is 25.1 Å². The van der Waals surface area contributed by atoms with Gasteiger partial charge in [-0.3, -0.25) is 9.55 Å². The number of fused-ring (bicyclic) bond motifs is 1. The zero-order valence-corrected chi connectivity index (χ0v) is 19.0. The number of nitrogens with one attached hydrogen (secondary N) is 1. The first kappa shape index (κ1) is 21.6. The lowest BCUT2D eigenvalue weighted by Gasteiger charge is -2.20. The highest BCUT2D eigenvalue weighted by molar-refractivity contribution is 7.89. The van der Waals surface area contributed by atoms with Gasteiger partial charge in [0.2, 0.25) is 10.0 Å². The molecule has 4 rings (SSSR count). The molecule has 0 radical (unpaired) electrons. The Balaban J connectivity index is 1.94. The number of hydrogen-bond donors (Lipinski definition) is 1. The number of aromatic nitrogens is 4. The first-order chi connectivity index (χ1) is 15.1. The summed E-state index contributed by atoms with van der Waals surface area (Å²) in [5, 5.41) is 10.7. The standard InChI is InChI=1S/C23H22N6O2S/c1-15-11-17-18(12-24)21(29(22(17)27-13-15)20-7-5-6-10-25-20)19-9-8-16(14-26-19)32(30,31)28-23(2,3)4/h5-11,13-14,28H,1-4H3. The molecule has 4 aromatic heterocycles. The monoisotopic (exact) mass is 446 g/mol. The number of pyridine rings is 3. The van der Waals surface area contributed by atoms with Crippen molar-refractivity contribution < 1.29 is 8.42 Å². The summed E-state index contributed by atoms with van der Waals surface area (Å²) < 4.78 is 29.7. The van der Waals surface area contributed by atoms with Crippen LogP contribution >= 0.6 is 0 Å². The van der Waals surface area contributed by atoms with Crippen LogP contribution in [0.5, 0.6) is 0 Å². The summed E-state index contributed by atoms with van der Waals surface area (Å²) >= 11 is 0. The highest BCUT2D eigenvalue weighted by Gasteiger charge is 2.25. The minimum atomic E-state index is -3.73. The number of nitrogens with zero attached hydrogens (tertiary/aromatic N) is 5. The third-order valence-corrected chi connectivity index (χ3v) is 6.41. The van der Waals surface area contributed by atoms with Gasteiger partial charge in [0.1, 0.15) is 22.4 Å². The van der Waals surface area contributed by atoms with Gasteiger partial charge < -0.3 is 0 Å². The Bertz CT molecular complexity index is 1450. The van der Waals surface area contributed by atoms with Crippen LogP contribution in [0.25, 0.3) is 28.2 Å². The summed E-state index contributed by atoms with van der Waals surface area (Å²) in [7, 11) is -3.73. The van der Waals surface area contributed by atoms with Gasteiger partial charge in [-0.1, -0.05) is 6.07 Å². The van der Waals surface area contributed by atoms with Gasteiger partial charge in [0, 0.05) is 29.5 Å². The second-order valence-electron chi connectivity index (χ2n) is 8.48. The van der Waals surface area contributed by atoms with E-state index in [0.29, 0.717) is 33.8 Å². The van der Waals surface area contributed by atoms with Gasteiger partial charge in [0.25, 0.3) is 0 Å². The van der Waals surface area contributed by atoms with E-state index in [1.54, 1.807) is 49.9 Å². The summed E-state index contributed by atoms with van der Waals surface area (Å²) in [6.45, 7) is 7.22. The lowest BCUT2D eigenvalue weighted by Crippen LogP contribution is -2.40.